The molecule has 1 heterocycles. The molecule has 0 bridgehead atoms. The molecule has 1 saturated heterocycles. The van der Waals surface area contributed by atoms with Gasteiger partial charge in [-0.2, -0.15) is 0 Å². The van der Waals surface area contributed by atoms with Gasteiger partial charge in [0.1, 0.15) is 12.1 Å². The largest absolute Gasteiger partial charge is 0.465 e. The molecule has 1 aromatic carbocycles. The highest BCUT2D eigenvalue weighted by Crippen LogP contribution is 2.32. The molecule has 1 amide bonds. The van der Waals surface area contributed by atoms with Crippen LogP contribution in [0.3, 0.4) is 0 Å². The first-order chi connectivity index (χ1) is 8.61. The highest BCUT2D eigenvalue weighted by atomic mass is 19.1. The fraction of sp³-hybridized carbons (Fsp3) is 0.385. The standard InChI is InChI=1S/C13H14FNO3/c14-11-3-1-9(2-4-11)12-5-6-15(13(17)18)7-10(12)8-16/h1-4,8,10,12H,5-7H2,(H,17,18)/t10-,12-/m0/s1. The predicted molar refractivity (Wildman–Crippen MR) is 62.9 cm³/mol. The van der Waals surface area contributed by atoms with Crippen molar-refractivity contribution < 1.29 is 19.1 Å². The van der Waals surface area contributed by atoms with Gasteiger partial charge in [-0.15, -0.1) is 0 Å². The molecule has 1 N–H and O–H groups in total. The second kappa shape index (κ2) is 5.16. The van der Waals surface area contributed by atoms with E-state index < -0.39 is 6.09 Å². The Labute approximate surface area is 104 Å². The quantitative estimate of drug-likeness (QED) is 0.819. The summed E-state index contributed by atoms with van der Waals surface area (Å²) in [5.41, 5.74) is 0.888. The number of carboxylic acid groups (broad SMARTS) is 1. The Hall–Kier alpha value is -1.91. The molecule has 2 rings (SSSR count). The van der Waals surface area contributed by atoms with Gasteiger partial charge >= 0.3 is 6.09 Å². The topological polar surface area (TPSA) is 57.6 Å². The summed E-state index contributed by atoms with van der Waals surface area (Å²) in [7, 11) is 0. The van der Waals surface area contributed by atoms with Gasteiger partial charge in [-0.3, -0.25) is 0 Å². The first-order valence-corrected chi connectivity index (χ1v) is 5.80. The van der Waals surface area contributed by atoms with E-state index >= 15 is 0 Å². The first kappa shape index (κ1) is 12.5. The number of benzene rings is 1. The Balaban J connectivity index is 2.16. The zero-order valence-corrected chi connectivity index (χ0v) is 9.75. The van der Waals surface area contributed by atoms with E-state index in [0.29, 0.717) is 13.0 Å². The molecule has 4 nitrogen and oxygen atoms in total. The third-order valence-electron chi connectivity index (χ3n) is 3.40. The number of amides is 1. The van der Waals surface area contributed by atoms with Crippen LogP contribution in [0.5, 0.6) is 0 Å². The summed E-state index contributed by atoms with van der Waals surface area (Å²) in [5.74, 6) is -0.705. The minimum Gasteiger partial charge on any atom is -0.465 e. The normalized spacial score (nSPS) is 23.7. The van der Waals surface area contributed by atoms with E-state index in [4.69, 9.17) is 5.11 Å². The molecule has 1 aliphatic heterocycles. The van der Waals surface area contributed by atoms with Crippen LogP contribution in [-0.4, -0.2) is 35.5 Å². The summed E-state index contributed by atoms with van der Waals surface area (Å²) in [6, 6.07) is 6.04. The van der Waals surface area contributed by atoms with Crippen molar-refractivity contribution in [3.05, 3.63) is 35.6 Å². The van der Waals surface area contributed by atoms with E-state index in [1.165, 1.54) is 17.0 Å². The molecule has 0 aliphatic carbocycles. The van der Waals surface area contributed by atoms with Crippen LogP contribution < -0.4 is 0 Å². The highest BCUT2D eigenvalue weighted by molar-refractivity contribution is 5.67. The molecule has 0 aromatic heterocycles. The van der Waals surface area contributed by atoms with Crippen molar-refractivity contribution in [1.82, 2.24) is 4.90 Å². The van der Waals surface area contributed by atoms with Crippen LogP contribution in [0.1, 0.15) is 17.9 Å². The van der Waals surface area contributed by atoms with E-state index in [9.17, 15) is 14.0 Å². The summed E-state index contributed by atoms with van der Waals surface area (Å²) in [4.78, 5) is 23.2. The summed E-state index contributed by atoms with van der Waals surface area (Å²) in [6.07, 6.45) is 0.379. The van der Waals surface area contributed by atoms with Crippen molar-refractivity contribution in [2.75, 3.05) is 13.1 Å². The fourth-order valence-electron chi connectivity index (χ4n) is 2.42. The number of nitrogens with zero attached hydrogens (tertiary/aromatic N) is 1. The zero-order chi connectivity index (χ0) is 13.1. The molecule has 1 aromatic rings. The SMILES string of the molecule is O=C[C@@H]1CN(C(=O)O)CC[C@H]1c1ccc(F)cc1. The molecule has 5 heteroatoms. The fourth-order valence-corrected chi connectivity index (χ4v) is 2.42. The molecule has 96 valence electrons. The van der Waals surface area contributed by atoms with Gasteiger partial charge in [0, 0.05) is 19.0 Å². The van der Waals surface area contributed by atoms with Crippen LogP contribution in [0.25, 0.3) is 0 Å². The lowest BCUT2D eigenvalue weighted by atomic mass is 9.81. The third-order valence-corrected chi connectivity index (χ3v) is 3.40. The molecular formula is C13H14FNO3. The van der Waals surface area contributed by atoms with E-state index in [-0.39, 0.29) is 24.2 Å². The van der Waals surface area contributed by atoms with Crippen molar-refractivity contribution in [2.45, 2.75) is 12.3 Å². The maximum absolute atomic E-state index is 12.8. The van der Waals surface area contributed by atoms with E-state index in [2.05, 4.69) is 0 Å². The van der Waals surface area contributed by atoms with Crippen LogP contribution in [0, 0.1) is 11.7 Å². The Kier molecular flexibility index (Phi) is 3.60. The number of carbonyl (C=O) groups excluding carboxylic acids is 1. The van der Waals surface area contributed by atoms with Crippen LogP contribution in [0.4, 0.5) is 9.18 Å². The Morgan fingerprint density at radius 2 is 2.06 bits per heavy atom. The number of carbonyl (C=O) groups is 2. The van der Waals surface area contributed by atoms with Crippen molar-refractivity contribution in [1.29, 1.82) is 0 Å². The van der Waals surface area contributed by atoms with Gasteiger partial charge in [0.25, 0.3) is 0 Å². The molecule has 1 aliphatic rings. The minimum absolute atomic E-state index is 0.0290. The molecular weight excluding hydrogens is 237 g/mol. The lowest BCUT2D eigenvalue weighted by Crippen LogP contribution is -2.42. The van der Waals surface area contributed by atoms with Gasteiger partial charge in [0.05, 0.1) is 0 Å². The number of hydrogen-bond acceptors (Lipinski definition) is 2. The molecule has 0 saturated carbocycles. The van der Waals surface area contributed by atoms with Crippen LogP contribution in [0.15, 0.2) is 24.3 Å². The Morgan fingerprint density at radius 3 is 2.61 bits per heavy atom. The summed E-state index contributed by atoms with van der Waals surface area (Å²) in [5, 5.41) is 8.91. The number of halogens is 1. The molecule has 0 unspecified atom stereocenters. The Morgan fingerprint density at radius 1 is 1.39 bits per heavy atom. The summed E-state index contributed by atoms with van der Waals surface area (Å²) >= 11 is 0. The Bertz CT molecular complexity index is 446. The van der Waals surface area contributed by atoms with Gasteiger partial charge in [0.2, 0.25) is 0 Å². The molecule has 2 atom stereocenters. The maximum atomic E-state index is 12.8. The van der Waals surface area contributed by atoms with E-state index in [0.717, 1.165) is 11.8 Å². The monoisotopic (exact) mass is 251 g/mol. The average molecular weight is 251 g/mol. The lowest BCUT2D eigenvalue weighted by Gasteiger charge is -2.34. The van der Waals surface area contributed by atoms with Crippen LogP contribution in [0.2, 0.25) is 0 Å². The average Bonchev–Trinajstić information content (AvgIpc) is 2.39. The summed E-state index contributed by atoms with van der Waals surface area (Å²) in [6.45, 7) is 0.614. The van der Waals surface area contributed by atoms with Gasteiger partial charge in [-0.1, -0.05) is 12.1 Å². The smallest absolute Gasteiger partial charge is 0.407 e. The van der Waals surface area contributed by atoms with E-state index in [1.807, 2.05) is 0 Å². The second-order valence-corrected chi connectivity index (χ2v) is 4.48. The van der Waals surface area contributed by atoms with Crippen molar-refractivity contribution >= 4 is 12.4 Å². The predicted octanol–water partition coefficient (Wildman–Crippen LogP) is 2.11. The van der Waals surface area contributed by atoms with Crippen LogP contribution >= 0.6 is 0 Å². The molecule has 18 heavy (non-hydrogen) atoms. The molecule has 0 radical (unpaired) electrons. The van der Waals surface area contributed by atoms with Crippen molar-refractivity contribution in [3.8, 4) is 0 Å². The van der Waals surface area contributed by atoms with Crippen molar-refractivity contribution in [3.63, 3.8) is 0 Å². The van der Waals surface area contributed by atoms with E-state index in [1.54, 1.807) is 12.1 Å². The van der Waals surface area contributed by atoms with Crippen LogP contribution in [-0.2, 0) is 4.79 Å². The van der Waals surface area contributed by atoms with Crippen molar-refractivity contribution in [2.24, 2.45) is 5.92 Å². The lowest BCUT2D eigenvalue weighted by molar-refractivity contribution is -0.112. The number of likely N-dealkylation sites (tertiary alicyclic amines) is 1. The number of aldehydes is 1. The summed E-state index contributed by atoms with van der Waals surface area (Å²) < 4.78 is 12.8. The minimum atomic E-state index is -1.00. The third kappa shape index (κ3) is 2.50. The van der Waals surface area contributed by atoms with Gasteiger partial charge in [0.15, 0.2) is 0 Å². The second-order valence-electron chi connectivity index (χ2n) is 4.48. The molecule has 1 fully saturated rings. The maximum Gasteiger partial charge on any atom is 0.407 e. The van der Waals surface area contributed by atoms with Gasteiger partial charge < -0.3 is 14.8 Å². The number of hydrogen-bond donors (Lipinski definition) is 1. The highest BCUT2D eigenvalue weighted by Gasteiger charge is 2.32. The first-order valence-electron chi connectivity index (χ1n) is 5.80. The number of rotatable bonds is 2. The molecule has 0 spiro atoms. The van der Waals surface area contributed by atoms with Gasteiger partial charge in [-0.25, -0.2) is 9.18 Å². The van der Waals surface area contributed by atoms with Gasteiger partial charge in [-0.05, 0) is 30.0 Å². The zero-order valence-electron chi connectivity index (χ0n) is 9.75. The number of piperidine rings is 1.